The van der Waals surface area contributed by atoms with E-state index in [9.17, 15) is 0 Å². The van der Waals surface area contributed by atoms with Gasteiger partial charge in [-0.2, -0.15) is 0 Å². The first-order valence-corrected chi connectivity index (χ1v) is 7.28. The minimum absolute atomic E-state index is 0.879. The Kier molecular flexibility index (Phi) is 2.60. The second-order valence-corrected chi connectivity index (χ2v) is 5.24. The molecule has 4 rings (SSSR count). The number of aromatic nitrogens is 3. The number of nitrogens with one attached hydrogen (secondary N) is 1. The number of nitrogens with zero attached hydrogens (tertiary/aromatic N) is 2. The van der Waals surface area contributed by atoms with E-state index >= 15 is 0 Å². The number of rotatable bonds is 2. The summed E-state index contributed by atoms with van der Waals surface area (Å²) >= 11 is 1.60. The average molecular weight is 277 g/mol. The Balaban J connectivity index is 2.12. The van der Waals surface area contributed by atoms with Crippen LogP contribution in [0, 0.1) is 0 Å². The number of hydrogen-bond acceptors (Lipinski definition) is 3. The van der Waals surface area contributed by atoms with E-state index in [0.29, 0.717) is 0 Å². The van der Waals surface area contributed by atoms with Crippen LogP contribution in [0.15, 0.2) is 59.7 Å². The highest BCUT2D eigenvalue weighted by Gasteiger charge is 2.14. The third kappa shape index (κ3) is 1.73. The molecule has 0 amide bonds. The van der Waals surface area contributed by atoms with Crippen molar-refractivity contribution in [3.63, 3.8) is 0 Å². The Labute approximate surface area is 120 Å². The Morgan fingerprint density at radius 1 is 1.00 bits per heavy atom. The molecule has 1 N–H and O–H groups in total. The van der Waals surface area contributed by atoms with Crippen molar-refractivity contribution in [2.24, 2.45) is 0 Å². The molecule has 0 bridgehead atoms. The summed E-state index contributed by atoms with van der Waals surface area (Å²) in [5.74, 6) is 0.879. The smallest absolute Gasteiger partial charge is 0.138 e. The molecule has 0 fully saturated rings. The van der Waals surface area contributed by atoms with Gasteiger partial charge in [-0.05, 0) is 10.8 Å². The van der Waals surface area contributed by atoms with Gasteiger partial charge in [-0.25, -0.2) is 9.97 Å². The predicted octanol–water partition coefficient (Wildman–Crippen LogP) is 4.35. The molecule has 0 aliphatic carbocycles. The average Bonchev–Trinajstić information content (AvgIpc) is 3.19. The molecular formula is C16H11N3S. The monoisotopic (exact) mass is 277 g/mol. The Bertz CT molecular complexity index is 849. The minimum atomic E-state index is 0.879. The van der Waals surface area contributed by atoms with E-state index in [0.717, 1.165) is 22.6 Å². The van der Waals surface area contributed by atoms with Crippen molar-refractivity contribution in [3.8, 4) is 22.6 Å². The van der Waals surface area contributed by atoms with Gasteiger partial charge in [0.15, 0.2) is 0 Å². The Morgan fingerprint density at radius 2 is 1.95 bits per heavy atom. The third-order valence-electron chi connectivity index (χ3n) is 3.37. The zero-order chi connectivity index (χ0) is 13.4. The molecule has 0 spiro atoms. The van der Waals surface area contributed by atoms with Gasteiger partial charge in [0.25, 0.3) is 0 Å². The van der Waals surface area contributed by atoms with Gasteiger partial charge in [0.2, 0.25) is 0 Å². The molecule has 20 heavy (non-hydrogen) atoms. The molecule has 2 aromatic carbocycles. The van der Waals surface area contributed by atoms with E-state index in [2.05, 4.69) is 56.7 Å². The first-order valence-electron chi connectivity index (χ1n) is 6.33. The Hall–Kier alpha value is -2.46. The normalized spacial score (nSPS) is 11.0. The highest BCUT2D eigenvalue weighted by molar-refractivity contribution is 7.07. The summed E-state index contributed by atoms with van der Waals surface area (Å²) in [6.07, 6.45) is 3.63. The van der Waals surface area contributed by atoms with Gasteiger partial charge in [-0.3, -0.25) is 0 Å². The predicted molar refractivity (Wildman–Crippen MR) is 82.6 cm³/mol. The first-order chi connectivity index (χ1) is 9.93. The molecule has 96 valence electrons. The van der Waals surface area contributed by atoms with Crippen molar-refractivity contribution in [1.29, 1.82) is 0 Å². The van der Waals surface area contributed by atoms with Crippen molar-refractivity contribution in [2.45, 2.75) is 0 Å². The number of benzene rings is 2. The van der Waals surface area contributed by atoms with Gasteiger partial charge in [-0.15, -0.1) is 11.3 Å². The van der Waals surface area contributed by atoms with Crippen LogP contribution >= 0.6 is 11.3 Å². The standard InChI is InChI=1S/C16H11N3S/c1-2-4-12-11(3-1)5-6-13(14-9-20-10-19-14)15(12)16-17-7-8-18-16/h1-10H,(H,17,18). The lowest BCUT2D eigenvalue weighted by molar-refractivity contribution is 1.31. The number of hydrogen-bond donors (Lipinski definition) is 1. The minimum Gasteiger partial charge on any atom is -0.345 e. The molecule has 0 atom stereocenters. The lowest BCUT2D eigenvalue weighted by atomic mass is 9.97. The fraction of sp³-hybridized carbons (Fsp3) is 0. The molecule has 0 radical (unpaired) electrons. The fourth-order valence-corrected chi connectivity index (χ4v) is 3.04. The van der Waals surface area contributed by atoms with E-state index in [1.165, 1.54) is 10.8 Å². The molecule has 2 heterocycles. The van der Waals surface area contributed by atoms with Crippen LogP contribution in [0.1, 0.15) is 0 Å². The molecule has 0 aliphatic heterocycles. The lowest BCUT2D eigenvalue weighted by Crippen LogP contribution is -1.89. The maximum atomic E-state index is 4.44. The number of imidazole rings is 1. The SMILES string of the molecule is c1ccc2c(-c3ncc[nH]3)c(-c3cscn3)ccc2c1. The van der Waals surface area contributed by atoms with Crippen LogP contribution in [0.4, 0.5) is 0 Å². The second kappa shape index (κ2) is 4.58. The molecular weight excluding hydrogens is 266 g/mol. The van der Waals surface area contributed by atoms with Crippen LogP contribution in [-0.2, 0) is 0 Å². The zero-order valence-corrected chi connectivity index (χ0v) is 11.4. The van der Waals surface area contributed by atoms with E-state index in [-0.39, 0.29) is 0 Å². The second-order valence-electron chi connectivity index (χ2n) is 4.52. The third-order valence-corrected chi connectivity index (χ3v) is 3.96. The summed E-state index contributed by atoms with van der Waals surface area (Å²) in [4.78, 5) is 12.1. The number of H-pyrrole nitrogens is 1. The highest BCUT2D eigenvalue weighted by atomic mass is 32.1. The van der Waals surface area contributed by atoms with Crippen molar-refractivity contribution >= 4 is 22.1 Å². The largest absolute Gasteiger partial charge is 0.345 e. The maximum Gasteiger partial charge on any atom is 0.138 e. The first kappa shape index (κ1) is 11.4. The van der Waals surface area contributed by atoms with Crippen LogP contribution in [0.25, 0.3) is 33.4 Å². The molecule has 0 saturated heterocycles. The fourth-order valence-electron chi connectivity index (χ4n) is 2.49. The van der Waals surface area contributed by atoms with E-state index < -0.39 is 0 Å². The van der Waals surface area contributed by atoms with Crippen LogP contribution < -0.4 is 0 Å². The van der Waals surface area contributed by atoms with Crippen LogP contribution in [0.2, 0.25) is 0 Å². The highest BCUT2D eigenvalue weighted by Crippen LogP contribution is 2.36. The van der Waals surface area contributed by atoms with Crippen molar-refractivity contribution in [1.82, 2.24) is 15.0 Å². The summed E-state index contributed by atoms with van der Waals surface area (Å²) in [5, 5.41) is 4.46. The molecule has 2 aromatic heterocycles. The van der Waals surface area contributed by atoms with Crippen molar-refractivity contribution < 1.29 is 0 Å². The van der Waals surface area contributed by atoms with Gasteiger partial charge in [0.1, 0.15) is 5.82 Å². The molecule has 0 unspecified atom stereocenters. The van der Waals surface area contributed by atoms with Gasteiger partial charge < -0.3 is 4.98 Å². The Morgan fingerprint density at radius 3 is 2.75 bits per heavy atom. The van der Waals surface area contributed by atoms with Crippen LogP contribution in [-0.4, -0.2) is 15.0 Å². The molecule has 4 heteroatoms. The summed E-state index contributed by atoms with van der Waals surface area (Å²) in [5.41, 5.74) is 5.07. The summed E-state index contributed by atoms with van der Waals surface area (Å²) in [7, 11) is 0. The maximum absolute atomic E-state index is 4.44. The van der Waals surface area contributed by atoms with Gasteiger partial charge in [0, 0.05) is 28.9 Å². The van der Waals surface area contributed by atoms with Gasteiger partial charge >= 0.3 is 0 Å². The van der Waals surface area contributed by atoms with Gasteiger partial charge in [0.05, 0.1) is 11.2 Å². The lowest BCUT2D eigenvalue weighted by Gasteiger charge is -2.09. The quantitative estimate of drug-likeness (QED) is 0.591. The molecule has 4 aromatic rings. The topological polar surface area (TPSA) is 41.6 Å². The molecule has 0 saturated carbocycles. The van der Waals surface area contributed by atoms with Crippen LogP contribution in [0.3, 0.4) is 0 Å². The number of fused-ring (bicyclic) bond motifs is 1. The van der Waals surface area contributed by atoms with Crippen LogP contribution in [0.5, 0.6) is 0 Å². The van der Waals surface area contributed by atoms with Gasteiger partial charge in [-0.1, -0.05) is 36.4 Å². The van der Waals surface area contributed by atoms with E-state index in [4.69, 9.17) is 0 Å². The molecule has 3 nitrogen and oxygen atoms in total. The number of aromatic amines is 1. The summed E-state index contributed by atoms with van der Waals surface area (Å²) < 4.78 is 0. The van der Waals surface area contributed by atoms with E-state index in [1.54, 1.807) is 17.5 Å². The summed E-state index contributed by atoms with van der Waals surface area (Å²) in [6, 6.07) is 12.6. The van der Waals surface area contributed by atoms with Crippen molar-refractivity contribution in [2.75, 3.05) is 0 Å². The summed E-state index contributed by atoms with van der Waals surface area (Å²) in [6.45, 7) is 0. The zero-order valence-electron chi connectivity index (χ0n) is 10.6. The van der Waals surface area contributed by atoms with Crippen molar-refractivity contribution in [3.05, 3.63) is 59.7 Å². The molecule has 0 aliphatic rings. The number of thiazole rings is 1. The van der Waals surface area contributed by atoms with E-state index in [1.807, 2.05) is 11.7 Å².